The molecule has 1 amide bonds. The van der Waals surface area contributed by atoms with E-state index >= 15 is 0 Å². The topological polar surface area (TPSA) is 42.0 Å². The van der Waals surface area contributed by atoms with Crippen molar-refractivity contribution in [1.29, 1.82) is 0 Å². The minimum absolute atomic E-state index is 0.114. The third-order valence-electron chi connectivity index (χ3n) is 1.93. The number of carbonyl (C=O) groups excluding carboxylic acids is 1. The molecule has 0 spiro atoms. The Morgan fingerprint density at radius 3 is 2.69 bits per heavy atom. The molecule has 0 atom stereocenters. The Balaban J connectivity index is 2.24. The number of anilines is 1. The van der Waals surface area contributed by atoms with Gasteiger partial charge in [0.25, 0.3) is 0 Å². The Morgan fingerprint density at radius 1 is 1.38 bits per heavy atom. The van der Waals surface area contributed by atoms with E-state index in [0.717, 1.165) is 11.3 Å². The summed E-state index contributed by atoms with van der Waals surface area (Å²) in [5.41, 5.74) is 1.82. The van der Waals surface area contributed by atoms with Gasteiger partial charge in [0.05, 0.1) is 5.69 Å². The van der Waals surface area contributed by atoms with Gasteiger partial charge >= 0.3 is 0 Å². The van der Waals surface area contributed by atoms with Crippen LogP contribution in [0.2, 0.25) is 5.02 Å². The lowest BCUT2D eigenvalue weighted by Crippen LogP contribution is -2.04. The Hall–Kier alpha value is -1.39. The van der Waals surface area contributed by atoms with Crippen molar-refractivity contribution in [2.45, 2.75) is 6.92 Å². The van der Waals surface area contributed by atoms with E-state index in [-0.39, 0.29) is 5.91 Å². The Bertz CT molecular complexity index is 507. The van der Waals surface area contributed by atoms with Crippen LogP contribution in [0.25, 0.3) is 11.3 Å². The molecule has 3 nitrogen and oxygen atoms in total. The molecule has 2 aromatic rings. The van der Waals surface area contributed by atoms with Gasteiger partial charge in [-0.05, 0) is 12.1 Å². The molecular weight excluding hydrogens is 244 g/mol. The molecule has 16 heavy (non-hydrogen) atoms. The number of aromatic nitrogens is 1. The fraction of sp³-hybridized carbons (Fsp3) is 0.0909. The number of nitrogens with one attached hydrogen (secondary N) is 1. The highest BCUT2D eigenvalue weighted by Gasteiger charge is 2.05. The zero-order valence-corrected chi connectivity index (χ0v) is 10.1. The number of thiazole rings is 1. The molecule has 0 aliphatic carbocycles. The Labute approximate surface area is 102 Å². The quantitative estimate of drug-likeness (QED) is 0.890. The summed E-state index contributed by atoms with van der Waals surface area (Å²) in [5.74, 6) is -0.114. The molecule has 0 aliphatic rings. The van der Waals surface area contributed by atoms with Crippen molar-refractivity contribution in [3.63, 3.8) is 0 Å². The molecule has 0 saturated heterocycles. The molecule has 1 aromatic carbocycles. The second-order valence-corrected chi connectivity index (χ2v) is 4.52. The third-order valence-corrected chi connectivity index (χ3v) is 2.94. The van der Waals surface area contributed by atoms with Crippen LogP contribution in [0.15, 0.2) is 29.6 Å². The lowest BCUT2D eigenvalue weighted by Gasteiger charge is -1.96. The van der Waals surface area contributed by atoms with Gasteiger partial charge in [-0.1, -0.05) is 23.7 Å². The molecule has 0 bridgehead atoms. The lowest BCUT2D eigenvalue weighted by molar-refractivity contribution is -0.114. The van der Waals surface area contributed by atoms with Crippen LogP contribution in [0.3, 0.4) is 0 Å². The summed E-state index contributed by atoms with van der Waals surface area (Å²) in [6.45, 7) is 1.46. The average Bonchev–Trinajstić information content (AvgIpc) is 2.66. The molecule has 2 rings (SSSR count). The Morgan fingerprint density at radius 2 is 2.06 bits per heavy atom. The number of amides is 1. The van der Waals surface area contributed by atoms with E-state index in [1.165, 1.54) is 18.3 Å². The van der Waals surface area contributed by atoms with E-state index in [9.17, 15) is 4.79 Å². The smallest absolute Gasteiger partial charge is 0.223 e. The molecule has 0 aliphatic heterocycles. The van der Waals surface area contributed by atoms with Gasteiger partial charge in [-0.3, -0.25) is 4.79 Å². The van der Waals surface area contributed by atoms with Crippen LogP contribution >= 0.6 is 22.9 Å². The molecule has 0 unspecified atom stereocenters. The number of carbonyl (C=O) groups is 1. The van der Waals surface area contributed by atoms with Gasteiger partial charge in [0.2, 0.25) is 5.91 Å². The molecule has 0 fully saturated rings. The lowest BCUT2D eigenvalue weighted by atomic mass is 10.2. The molecule has 5 heteroatoms. The van der Waals surface area contributed by atoms with Gasteiger partial charge in [-0.2, -0.15) is 0 Å². The maximum absolute atomic E-state index is 10.8. The van der Waals surface area contributed by atoms with E-state index in [2.05, 4.69) is 10.3 Å². The zero-order valence-electron chi connectivity index (χ0n) is 8.53. The fourth-order valence-corrected chi connectivity index (χ4v) is 2.13. The van der Waals surface area contributed by atoms with E-state index in [4.69, 9.17) is 11.6 Å². The predicted octanol–water partition coefficient (Wildman–Crippen LogP) is 3.42. The molecule has 1 aromatic heterocycles. The van der Waals surface area contributed by atoms with E-state index in [1.807, 2.05) is 29.6 Å². The van der Waals surface area contributed by atoms with Crippen molar-refractivity contribution in [3.8, 4) is 11.3 Å². The summed E-state index contributed by atoms with van der Waals surface area (Å²) >= 11 is 7.20. The number of hydrogen-bond acceptors (Lipinski definition) is 3. The van der Waals surface area contributed by atoms with Crippen LogP contribution in [0.5, 0.6) is 0 Å². The van der Waals surface area contributed by atoms with Crippen molar-refractivity contribution >= 4 is 34.0 Å². The molecule has 1 heterocycles. The number of halogens is 1. The Kier molecular flexibility index (Phi) is 3.22. The summed E-state index contributed by atoms with van der Waals surface area (Å²) < 4.78 is 0. The minimum Gasteiger partial charge on any atom is -0.302 e. The van der Waals surface area contributed by atoms with Crippen LogP contribution in [-0.4, -0.2) is 10.9 Å². The van der Waals surface area contributed by atoms with Crippen LogP contribution in [0, 0.1) is 0 Å². The fourth-order valence-electron chi connectivity index (χ4n) is 1.23. The first-order valence-corrected chi connectivity index (χ1v) is 5.90. The van der Waals surface area contributed by atoms with Crippen molar-refractivity contribution in [1.82, 2.24) is 4.98 Å². The summed E-state index contributed by atoms with van der Waals surface area (Å²) in [6, 6.07) is 7.42. The number of hydrogen-bond donors (Lipinski definition) is 1. The van der Waals surface area contributed by atoms with Gasteiger partial charge in [0, 0.05) is 22.9 Å². The van der Waals surface area contributed by atoms with Crippen molar-refractivity contribution < 1.29 is 4.79 Å². The standard InChI is InChI=1S/C11H9ClN2OS/c1-7(15)13-11-14-10(6-16-11)8-2-4-9(12)5-3-8/h2-6H,1H3,(H,13,14,15). The SMILES string of the molecule is CC(=O)Nc1nc(-c2ccc(Cl)cc2)cs1. The summed E-state index contributed by atoms with van der Waals surface area (Å²) in [7, 11) is 0. The molecule has 82 valence electrons. The predicted molar refractivity (Wildman–Crippen MR) is 66.9 cm³/mol. The second kappa shape index (κ2) is 4.63. The highest BCUT2D eigenvalue weighted by atomic mass is 35.5. The molecular formula is C11H9ClN2OS. The average molecular weight is 253 g/mol. The van der Waals surface area contributed by atoms with Crippen LogP contribution in [0.4, 0.5) is 5.13 Å². The summed E-state index contributed by atoms with van der Waals surface area (Å²) in [6.07, 6.45) is 0. The number of nitrogens with zero attached hydrogens (tertiary/aromatic N) is 1. The van der Waals surface area contributed by atoms with Gasteiger partial charge in [-0.15, -0.1) is 11.3 Å². The van der Waals surface area contributed by atoms with Gasteiger partial charge in [0.15, 0.2) is 5.13 Å². The first-order chi connectivity index (χ1) is 7.65. The van der Waals surface area contributed by atoms with Crippen molar-refractivity contribution in [2.24, 2.45) is 0 Å². The van der Waals surface area contributed by atoms with Crippen molar-refractivity contribution in [2.75, 3.05) is 5.32 Å². The minimum atomic E-state index is -0.114. The first kappa shape index (κ1) is 11.1. The molecule has 0 radical (unpaired) electrons. The van der Waals surface area contributed by atoms with Crippen LogP contribution in [0.1, 0.15) is 6.92 Å². The molecule has 1 N–H and O–H groups in total. The summed E-state index contributed by atoms with van der Waals surface area (Å²) in [5, 5.41) is 5.85. The maximum Gasteiger partial charge on any atom is 0.223 e. The highest BCUT2D eigenvalue weighted by Crippen LogP contribution is 2.25. The van der Waals surface area contributed by atoms with Gasteiger partial charge < -0.3 is 5.32 Å². The summed E-state index contributed by atoms with van der Waals surface area (Å²) in [4.78, 5) is 15.1. The number of rotatable bonds is 2. The van der Waals surface area contributed by atoms with Gasteiger partial charge in [-0.25, -0.2) is 4.98 Å². The monoisotopic (exact) mass is 252 g/mol. The van der Waals surface area contributed by atoms with Crippen LogP contribution in [-0.2, 0) is 4.79 Å². The van der Waals surface area contributed by atoms with Crippen molar-refractivity contribution in [3.05, 3.63) is 34.7 Å². The van der Waals surface area contributed by atoms with E-state index in [1.54, 1.807) is 0 Å². The largest absolute Gasteiger partial charge is 0.302 e. The normalized spacial score (nSPS) is 10.1. The maximum atomic E-state index is 10.8. The number of benzene rings is 1. The highest BCUT2D eigenvalue weighted by molar-refractivity contribution is 7.14. The zero-order chi connectivity index (χ0) is 11.5. The van der Waals surface area contributed by atoms with E-state index < -0.39 is 0 Å². The third kappa shape index (κ3) is 2.59. The van der Waals surface area contributed by atoms with Crippen LogP contribution < -0.4 is 5.32 Å². The van der Waals surface area contributed by atoms with Gasteiger partial charge in [0.1, 0.15) is 0 Å². The first-order valence-electron chi connectivity index (χ1n) is 4.64. The second-order valence-electron chi connectivity index (χ2n) is 3.23. The molecule has 0 saturated carbocycles. The van der Waals surface area contributed by atoms with E-state index in [0.29, 0.717) is 10.2 Å².